The smallest absolute Gasteiger partial charge is 0.243 e. The van der Waals surface area contributed by atoms with Crippen LogP contribution in [0.1, 0.15) is 32.1 Å². The molecule has 1 aliphatic carbocycles. The summed E-state index contributed by atoms with van der Waals surface area (Å²) >= 11 is 4.87. The zero-order valence-corrected chi connectivity index (χ0v) is 17.9. The lowest BCUT2D eigenvalue weighted by Gasteiger charge is -2.44. The Bertz CT molecular complexity index is 814. The van der Waals surface area contributed by atoms with E-state index in [0.29, 0.717) is 0 Å². The first kappa shape index (κ1) is 18.5. The molecule has 4 rings (SSSR count). The van der Waals surface area contributed by atoms with Gasteiger partial charge >= 0.3 is 0 Å². The summed E-state index contributed by atoms with van der Waals surface area (Å²) in [6.45, 7) is 1.53. The molecule has 134 valence electrons. The van der Waals surface area contributed by atoms with Crippen LogP contribution in [0.15, 0.2) is 30.6 Å². The summed E-state index contributed by atoms with van der Waals surface area (Å²) in [5.41, 5.74) is -0.316. The van der Waals surface area contributed by atoms with E-state index in [1.54, 1.807) is 6.20 Å². The quantitative estimate of drug-likeness (QED) is 0.417. The predicted molar refractivity (Wildman–Crippen MR) is 111 cm³/mol. The molecule has 26 heavy (non-hydrogen) atoms. The largest absolute Gasteiger partial charge is 0.490 e. The topological polar surface area (TPSA) is 54.5 Å². The number of pyridine rings is 1. The molecule has 1 saturated carbocycles. The van der Waals surface area contributed by atoms with Gasteiger partial charge in [0.15, 0.2) is 16.3 Å². The van der Waals surface area contributed by atoms with Gasteiger partial charge in [0.05, 0.1) is 0 Å². The molecular weight excluding hydrogens is 456 g/mol. The number of likely N-dealkylation sites (tertiary alicyclic amines) is 1. The highest BCUT2D eigenvalue weighted by Gasteiger charge is 2.46. The van der Waals surface area contributed by atoms with Crippen molar-refractivity contribution < 1.29 is 9.53 Å². The van der Waals surface area contributed by atoms with Crippen LogP contribution in [0.5, 0.6) is 5.75 Å². The minimum absolute atomic E-state index is 0.138. The van der Waals surface area contributed by atoms with Crippen molar-refractivity contribution in [2.75, 3.05) is 13.1 Å². The van der Waals surface area contributed by atoms with Gasteiger partial charge in [-0.25, -0.2) is 3.53 Å². The van der Waals surface area contributed by atoms with E-state index in [-0.39, 0.29) is 17.6 Å². The third-order valence-electron chi connectivity index (χ3n) is 5.56. The van der Waals surface area contributed by atoms with E-state index in [2.05, 4.69) is 59.8 Å². The predicted octanol–water partition coefficient (Wildman–Crippen LogP) is 2.26. The third kappa shape index (κ3) is 3.47. The van der Waals surface area contributed by atoms with Crippen molar-refractivity contribution in [2.24, 2.45) is 0 Å². The second-order valence-electron chi connectivity index (χ2n) is 7.26. The summed E-state index contributed by atoms with van der Waals surface area (Å²) in [4.78, 5) is 19.1. The number of carbonyl (C=O) groups is 1. The van der Waals surface area contributed by atoms with Crippen molar-refractivity contribution in [3.63, 3.8) is 0 Å². The van der Waals surface area contributed by atoms with Crippen LogP contribution in [0.3, 0.4) is 0 Å². The van der Waals surface area contributed by atoms with Crippen molar-refractivity contribution in [3.05, 3.63) is 30.6 Å². The lowest BCUT2D eigenvalue weighted by molar-refractivity contribution is -0.142. The molecule has 5 nitrogen and oxygen atoms in total. The molecule has 1 saturated heterocycles. The summed E-state index contributed by atoms with van der Waals surface area (Å²) in [6.07, 6.45) is 8.57. The molecule has 2 heterocycles. The van der Waals surface area contributed by atoms with Crippen LogP contribution in [0.4, 0.5) is 0 Å². The molecule has 2 fully saturated rings. The summed E-state index contributed by atoms with van der Waals surface area (Å²) in [5, 5.41) is 2.18. The standard InChI is InChI=1S/C19H21IN3O2.Al/c20-22-19(8-2-9-19)18(24)23-11-6-15(7-12-23)25-17-4-1-3-14-5-10-21-13-16(14)17;/h3-5,10,13,15,22H,2,6-9,11-12H2;. The third-order valence-corrected chi connectivity index (χ3v) is 6.93. The average Bonchev–Trinajstić information content (AvgIpc) is 2.61. The number of nitrogens with zero attached hydrogens (tertiary/aromatic N) is 2. The summed E-state index contributed by atoms with van der Waals surface area (Å²) in [7, 11) is 0. The Morgan fingerprint density at radius 1 is 1.35 bits per heavy atom. The van der Waals surface area contributed by atoms with Gasteiger partial charge in [0.25, 0.3) is 0 Å². The maximum atomic E-state index is 12.8. The first-order chi connectivity index (χ1) is 12.6. The zero-order chi connectivity index (χ0) is 18.1. The molecule has 1 aliphatic heterocycles. The number of benzene rings is 1. The van der Waals surface area contributed by atoms with Crippen LogP contribution in [-0.4, -0.2) is 56.8 Å². The van der Waals surface area contributed by atoms with Gasteiger partial charge in [0.2, 0.25) is 5.91 Å². The fraction of sp³-hybridized carbons (Fsp3) is 0.474. The van der Waals surface area contributed by atoms with Crippen LogP contribution < -0.4 is 12.7 Å². The van der Waals surface area contributed by atoms with Crippen molar-refractivity contribution in [1.29, 1.82) is 0 Å². The Morgan fingerprint density at radius 3 is 2.77 bits per heavy atom. The Morgan fingerprint density at radius 2 is 2.12 bits per heavy atom. The number of ether oxygens (including phenoxy) is 1. The molecule has 2 aliphatic rings. The summed E-state index contributed by atoms with van der Waals surface area (Å²) < 4.78 is 10.7. The molecular formula is C19H21AlIN3O2. The molecule has 2 aromatic rings. The normalized spacial score (nSPS) is 20.0. The van der Waals surface area contributed by atoms with E-state index in [1.807, 2.05) is 17.2 Å². The molecule has 1 aromatic heterocycles. The monoisotopic (exact) mass is 477 g/mol. The van der Waals surface area contributed by atoms with Crippen LogP contribution in [0, 0.1) is 0 Å². The Labute approximate surface area is 175 Å². The molecule has 2 radical (unpaired) electrons. The van der Waals surface area contributed by atoms with Gasteiger partial charge in [-0.15, -0.1) is 4.43 Å². The SMILES string of the molecule is O=C(N1CCC(Oc2c[c]([Al])cc3ccncc23)CC1)C1(NI)CCC1. The molecule has 7 heteroatoms. The van der Waals surface area contributed by atoms with Crippen molar-refractivity contribution in [2.45, 2.75) is 43.7 Å². The number of aromatic nitrogens is 1. The number of carbonyl (C=O) groups excluding carboxylic acids is 1. The highest BCUT2D eigenvalue weighted by Crippen LogP contribution is 2.35. The molecule has 1 amide bonds. The van der Waals surface area contributed by atoms with Gasteiger partial charge in [-0.05, 0) is 36.8 Å². The number of piperidine rings is 1. The van der Waals surface area contributed by atoms with Gasteiger partial charge < -0.3 is 9.64 Å². The minimum Gasteiger partial charge on any atom is -0.490 e. The summed E-state index contributed by atoms with van der Waals surface area (Å²) in [5.74, 6) is 1.15. The maximum absolute atomic E-state index is 12.8. The van der Waals surface area contributed by atoms with Gasteiger partial charge in [-0.3, -0.25) is 9.78 Å². The average molecular weight is 477 g/mol. The first-order valence-electron chi connectivity index (χ1n) is 9.08. The van der Waals surface area contributed by atoms with Crippen LogP contribution in [-0.2, 0) is 4.79 Å². The van der Waals surface area contributed by atoms with Gasteiger partial charge in [-0.1, -0.05) is 6.07 Å². The summed E-state index contributed by atoms with van der Waals surface area (Å²) in [6, 6.07) is 6.17. The number of halogens is 1. The van der Waals surface area contributed by atoms with Crippen molar-refractivity contribution >= 4 is 60.3 Å². The van der Waals surface area contributed by atoms with Crippen molar-refractivity contribution in [1.82, 2.24) is 13.4 Å². The van der Waals surface area contributed by atoms with E-state index in [9.17, 15) is 4.79 Å². The fourth-order valence-electron chi connectivity index (χ4n) is 3.82. The van der Waals surface area contributed by atoms with Crippen molar-refractivity contribution in [3.8, 4) is 5.75 Å². The van der Waals surface area contributed by atoms with Crippen LogP contribution in [0.25, 0.3) is 10.8 Å². The molecule has 1 aromatic carbocycles. The number of rotatable bonds is 4. The zero-order valence-electron chi connectivity index (χ0n) is 14.6. The number of nitrogens with one attached hydrogen (secondary N) is 1. The fourth-order valence-corrected chi connectivity index (χ4v) is 4.92. The van der Waals surface area contributed by atoms with Gasteiger partial charge in [-0.2, -0.15) is 0 Å². The van der Waals surface area contributed by atoms with E-state index >= 15 is 0 Å². The second-order valence-corrected chi connectivity index (χ2v) is 8.46. The molecule has 0 bridgehead atoms. The van der Waals surface area contributed by atoms with E-state index < -0.39 is 0 Å². The lowest BCUT2D eigenvalue weighted by Crippen LogP contribution is -2.60. The van der Waals surface area contributed by atoms with Crippen LogP contribution in [0.2, 0.25) is 0 Å². The van der Waals surface area contributed by atoms with E-state index in [4.69, 9.17) is 4.74 Å². The Hall–Kier alpha value is -0.878. The molecule has 0 spiro atoms. The lowest BCUT2D eigenvalue weighted by atomic mass is 9.76. The number of hydrogen-bond donors (Lipinski definition) is 1. The second kappa shape index (κ2) is 7.63. The minimum atomic E-state index is -0.316. The molecule has 0 atom stereocenters. The Balaban J connectivity index is 1.42. The van der Waals surface area contributed by atoms with E-state index in [0.717, 1.165) is 66.1 Å². The van der Waals surface area contributed by atoms with E-state index in [1.165, 1.54) is 0 Å². The molecule has 1 N–H and O–H groups in total. The highest BCUT2D eigenvalue weighted by molar-refractivity contribution is 14.1. The van der Waals surface area contributed by atoms with Crippen LogP contribution >= 0.6 is 22.9 Å². The highest BCUT2D eigenvalue weighted by atomic mass is 127. The number of hydrogen-bond acceptors (Lipinski definition) is 4. The first-order valence-corrected chi connectivity index (χ1v) is 10.7. The van der Waals surface area contributed by atoms with Gasteiger partial charge in [0.1, 0.15) is 17.4 Å². The van der Waals surface area contributed by atoms with Gasteiger partial charge in [0, 0.05) is 66.6 Å². The molecule has 0 unspecified atom stereocenters. The Kier molecular flexibility index (Phi) is 5.42. The number of amides is 1. The maximum Gasteiger partial charge on any atom is 0.243 e. The number of fused-ring (bicyclic) bond motifs is 1.